The van der Waals surface area contributed by atoms with Crippen molar-refractivity contribution in [3.63, 3.8) is 0 Å². The van der Waals surface area contributed by atoms with Crippen molar-refractivity contribution in [2.24, 2.45) is 5.84 Å². The van der Waals surface area contributed by atoms with Crippen LogP contribution in [0.3, 0.4) is 0 Å². The summed E-state index contributed by atoms with van der Waals surface area (Å²) in [6, 6.07) is 10.9. The SMILES string of the molecule is NNC(CSc1cccc(Br)c1)c1ccc(F)cc1F. The van der Waals surface area contributed by atoms with Crippen molar-refractivity contribution in [3.8, 4) is 0 Å². The third-order valence-corrected chi connectivity index (χ3v) is 4.33. The third kappa shape index (κ3) is 4.02. The molecule has 0 aliphatic carbocycles. The smallest absolute Gasteiger partial charge is 0.130 e. The molecule has 0 bridgehead atoms. The van der Waals surface area contributed by atoms with Crippen LogP contribution in [-0.2, 0) is 0 Å². The van der Waals surface area contributed by atoms with Crippen LogP contribution in [0.4, 0.5) is 8.78 Å². The molecule has 0 spiro atoms. The molecule has 2 rings (SSSR count). The summed E-state index contributed by atoms with van der Waals surface area (Å²) >= 11 is 4.94. The first-order valence-corrected chi connectivity index (χ1v) is 7.67. The van der Waals surface area contributed by atoms with Crippen LogP contribution in [-0.4, -0.2) is 5.75 Å². The Bertz CT molecular complexity index is 595. The quantitative estimate of drug-likeness (QED) is 0.481. The van der Waals surface area contributed by atoms with Gasteiger partial charge in [0.15, 0.2) is 0 Å². The first-order valence-electron chi connectivity index (χ1n) is 5.89. The molecule has 0 saturated heterocycles. The normalized spacial score (nSPS) is 12.4. The number of nitrogens with two attached hydrogens (primary N) is 1. The average Bonchev–Trinajstić information content (AvgIpc) is 2.41. The Balaban J connectivity index is 2.09. The van der Waals surface area contributed by atoms with Crippen LogP contribution in [0.15, 0.2) is 51.8 Å². The Morgan fingerprint density at radius 2 is 2.00 bits per heavy atom. The van der Waals surface area contributed by atoms with Gasteiger partial charge < -0.3 is 0 Å². The van der Waals surface area contributed by atoms with Gasteiger partial charge in [-0.25, -0.2) is 8.78 Å². The number of hydrazine groups is 1. The van der Waals surface area contributed by atoms with Crippen LogP contribution in [0.1, 0.15) is 11.6 Å². The van der Waals surface area contributed by atoms with Crippen LogP contribution in [0.25, 0.3) is 0 Å². The minimum absolute atomic E-state index is 0.358. The van der Waals surface area contributed by atoms with Gasteiger partial charge in [-0.3, -0.25) is 11.3 Å². The summed E-state index contributed by atoms with van der Waals surface area (Å²) in [7, 11) is 0. The monoisotopic (exact) mass is 358 g/mol. The van der Waals surface area contributed by atoms with Gasteiger partial charge in [0.1, 0.15) is 11.6 Å². The van der Waals surface area contributed by atoms with Crippen LogP contribution in [0, 0.1) is 11.6 Å². The maximum Gasteiger partial charge on any atom is 0.130 e. The maximum absolute atomic E-state index is 13.7. The minimum Gasteiger partial charge on any atom is -0.271 e. The second-order valence-electron chi connectivity index (χ2n) is 4.15. The van der Waals surface area contributed by atoms with Crippen LogP contribution < -0.4 is 11.3 Å². The van der Waals surface area contributed by atoms with Gasteiger partial charge in [-0.15, -0.1) is 11.8 Å². The van der Waals surface area contributed by atoms with Gasteiger partial charge in [0.05, 0.1) is 6.04 Å². The van der Waals surface area contributed by atoms with Gasteiger partial charge in [0, 0.05) is 26.8 Å². The number of hydrogen-bond donors (Lipinski definition) is 2. The molecule has 106 valence electrons. The van der Waals surface area contributed by atoms with Gasteiger partial charge >= 0.3 is 0 Å². The lowest BCUT2D eigenvalue weighted by Gasteiger charge is -2.16. The van der Waals surface area contributed by atoms with Gasteiger partial charge in [-0.2, -0.15) is 0 Å². The number of thioether (sulfide) groups is 1. The van der Waals surface area contributed by atoms with Gasteiger partial charge in [0.25, 0.3) is 0 Å². The Morgan fingerprint density at radius 1 is 1.20 bits per heavy atom. The van der Waals surface area contributed by atoms with E-state index in [1.165, 1.54) is 12.1 Å². The predicted molar refractivity (Wildman–Crippen MR) is 81.3 cm³/mol. The molecule has 0 amide bonds. The van der Waals surface area contributed by atoms with E-state index in [1.807, 2.05) is 24.3 Å². The summed E-state index contributed by atoms with van der Waals surface area (Å²) in [5.74, 6) is 4.82. The van der Waals surface area contributed by atoms with E-state index in [4.69, 9.17) is 5.84 Å². The fourth-order valence-corrected chi connectivity index (χ4v) is 3.32. The van der Waals surface area contributed by atoms with E-state index < -0.39 is 11.6 Å². The van der Waals surface area contributed by atoms with Crippen molar-refractivity contribution in [3.05, 3.63) is 64.1 Å². The van der Waals surface area contributed by atoms with Gasteiger partial charge in [-0.1, -0.05) is 28.1 Å². The molecule has 20 heavy (non-hydrogen) atoms. The van der Waals surface area contributed by atoms with E-state index in [1.54, 1.807) is 11.8 Å². The van der Waals surface area contributed by atoms with E-state index in [9.17, 15) is 8.78 Å². The lowest BCUT2D eigenvalue weighted by Crippen LogP contribution is -2.30. The number of halogens is 3. The molecule has 0 radical (unpaired) electrons. The molecular weight excluding hydrogens is 346 g/mol. The fourth-order valence-electron chi connectivity index (χ4n) is 1.75. The van der Waals surface area contributed by atoms with Crippen molar-refractivity contribution in [1.82, 2.24) is 5.43 Å². The number of hydrogen-bond acceptors (Lipinski definition) is 3. The van der Waals surface area contributed by atoms with Crippen LogP contribution in [0.5, 0.6) is 0 Å². The summed E-state index contributed by atoms with van der Waals surface area (Å²) in [6.45, 7) is 0. The molecule has 0 fully saturated rings. The Labute approximate surface area is 128 Å². The van der Waals surface area contributed by atoms with Crippen molar-refractivity contribution in [2.75, 3.05) is 5.75 Å². The highest BCUT2D eigenvalue weighted by molar-refractivity contribution is 9.10. The molecule has 2 aromatic carbocycles. The lowest BCUT2D eigenvalue weighted by molar-refractivity contribution is 0.531. The summed E-state index contributed by atoms with van der Waals surface area (Å²) in [4.78, 5) is 1.04. The van der Waals surface area contributed by atoms with E-state index in [2.05, 4.69) is 21.4 Å². The van der Waals surface area contributed by atoms with Crippen molar-refractivity contribution >= 4 is 27.7 Å². The van der Waals surface area contributed by atoms with E-state index in [0.717, 1.165) is 15.4 Å². The van der Waals surface area contributed by atoms with Gasteiger partial charge in [0.2, 0.25) is 0 Å². The molecule has 1 unspecified atom stereocenters. The molecule has 2 nitrogen and oxygen atoms in total. The summed E-state index contributed by atoms with van der Waals surface area (Å²) in [6.07, 6.45) is 0. The highest BCUT2D eigenvalue weighted by Crippen LogP contribution is 2.27. The van der Waals surface area contributed by atoms with E-state index >= 15 is 0 Å². The molecule has 0 aliphatic rings. The Hall–Kier alpha value is -0.950. The molecule has 0 aromatic heterocycles. The molecule has 6 heteroatoms. The van der Waals surface area contributed by atoms with E-state index in [0.29, 0.717) is 11.3 Å². The van der Waals surface area contributed by atoms with Crippen LogP contribution >= 0.6 is 27.7 Å². The van der Waals surface area contributed by atoms with Crippen molar-refractivity contribution < 1.29 is 8.78 Å². The first-order chi connectivity index (χ1) is 9.60. The number of rotatable bonds is 5. The highest BCUT2D eigenvalue weighted by atomic mass is 79.9. The second kappa shape index (κ2) is 7.17. The topological polar surface area (TPSA) is 38.0 Å². The minimum atomic E-state index is -0.596. The van der Waals surface area contributed by atoms with Crippen molar-refractivity contribution in [2.45, 2.75) is 10.9 Å². The number of nitrogens with one attached hydrogen (secondary N) is 1. The molecule has 0 heterocycles. The Kier molecular flexibility index (Phi) is 5.54. The zero-order valence-electron chi connectivity index (χ0n) is 10.4. The summed E-state index contributed by atoms with van der Waals surface area (Å²) in [5.41, 5.74) is 2.93. The Morgan fingerprint density at radius 3 is 2.65 bits per heavy atom. The zero-order valence-corrected chi connectivity index (χ0v) is 12.8. The van der Waals surface area contributed by atoms with E-state index in [-0.39, 0.29) is 6.04 Å². The highest BCUT2D eigenvalue weighted by Gasteiger charge is 2.15. The first kappa shape index (κ1) is 15.4. The molecular formula is C14H13BrF2N2S. The summed E-state index contributed by atoms with van der Waals surface area (Å²) in [5, 5.41) is 0. The molecule has 0 saturated carbocycles. The fraction of sp³-hybridized carbons (Fsp3) is 0.143. The van der Waals surface area contributed by atoms with Crippen LogP contribution in [0.2, 0.25) is 0 Å². The average molecular weight is 359 g/mol. The molecule has 0 aliphatic heterocycles. The predicted octanol–water partition coefficient (Wildman–Crippen LogP) is 4.02. The third-order valence-electron chi connectivity index (χ3n) is 2.75. The van der Waals surface area contributed by atoms with Crippen molar-refractivity contribution in [1.29, 1.82) is 0 Å². The maximum atomic E-state index is 13.7. The number of benzene rings is 2. The second-order valence-corrected chi connectivity index (χ2v) is 6.16. The van der Waals surface area contributed by atoms with Gasteiger partial charge in [-0.05, 0) is 24.3 Å². The molecule has 2 aromatic rings. The largest absolute Gasteiger partial charge is 0.271 e. The standard InChI is InChI=1S/C14H13BrF2N2S/c15-9-2-1-3-11(6-9)20-8-14(19-18)12-5-4-10(16)7-13(12)17/h1-7,14,19H,8,18H2. The lowest BCUT2D eigenvalue weighted by atomic mass is 10.1. The zero-order chi connectivity index (χ0) is 14.5. The molecule has 3 N–H and O–H groups in total. The molecule has 1 atom stereocenters. The summed E-state index contributed by atoms with van der Waals surface area (Å²) < 4.78 is 27.6.